The largest absolute Gasteiger partial charge is 0.490 e. The number of rotatable bonds is 10. The number of hydrogen-bond acceptors (Lipinski definition) is 9. The van der Waals surface area contributed by atoms with Crippen LogP contribution in [0.15, 0.2) is 88.2 Å². The number of amides is 1. The van der Waals surface area contributed by atoms with Crippen molar-refractivity contribution in [2.24, 2.45) is 4.99 Å². The van der Waals surface area contributed by atoms with Gasteiger partial charge >= 0.3 is 5.97 Å². The van der Waals surface area contributed by atoms with E-state index in [-0.39, 0.29) is 30.3 Å². The average molecular weight is 688 g/mol. The minimum Gasteiger partial charge on any atom is -0.490 e. The maximum atomic E-state index is 14.2. The van der Waals surface area contributed by atoms with Crippen LogP contribution >= 0.6 is 22.9 Å². The predicted molar refractivity (Wildman–Crippen MR) is 183 cm³/mol. The quantitative estimate of drug-likeness (QED) is 0.230. The van der Waals surface area contributed by atoms with Crippen molar-refractivity contribution in [3.63, 3.8) is 0 Å². The van der Waals surface area contributed by atoms with E-state index in [9.17, 15) is 14.4 Å². The molecule has 2 aliphatic rings. The van der Waals surface area contributed by atoms with Gasteiger partial charge in [-0.05, 0) is 55.3 Å². The number of aromatic nitrogens is 1. The monoisotopic (exact) mass is 687 g/mol. The lowest BCUT2D eigenvalue weighted by Crippen LogP contribution is -2.43. The van der Waals surface area contributed by atoms with E-state index in [1.807, 2.05) is 37.3 Å². The molecule has 3 heterocycles. The highest BCUT2D eigenvalue weighted by molar-refractivity contribution is 7.07. The van der Waals surface area contributed by atoms with Gasteiger partial charge in [0.2, 0.25) is 0 Å². The van der Waals surface area contributed by atoms with Crippen molar-refractivity contribution in [3.8, 4) is 11.5 Å². The zero-order valence-electron chi connectivity index (χ0n) is 26.5. The molecule has 0 radical (unpaired) electrons. The van der Waals surface area contributed by atoms with Crippen molar-refractivity contribution in [1.29, 1.82) is 0 Å². The van der Waals surface area contributed by atoms with Gasteiger partial charge in [0.05, 0.1) is 48.3 Å². The molecule has 0 unspecified atom stereocenters. The molecule has 1 atom stereocenters. The van der Waals surface area contributed by atoms with E-state index < -0.39 is 12.0 Å². The third-order valence-corrected chi connectivity index (χ3v) is 9.07. The molecule has 0 bridgehead atoms. The minimum atomic E-state index is -0.811. The highest BCUT2D eigenvalue weighted by Crippen LogP contribution is 2.35. The first kappa shape index (κ1) is 33.2. The van der Waals surface area contributed by atoms with Crippen molar-refractivity contribution in [1.82, 2.24) is 9.47 Å². The molecule has 6 rings (SSSR count). The maximum absolute atomic E-state index is 14.2. The van der Waals surface area contributed by atoms with Gasteiger partial charge < -0.3 is 23.8 Å². The number of thiazole rings is 1. The first-order valence-electron chi connectivity index (χ1n) is 15.7. The second-order valence-corrected chi connectivity index (χ2v) is 12.3. The van der Waals surface area contributed by atoms with E-state index in [2.05, 4.69) is 0 Å². The van der Waals surface area contributed by atoms with Crippen molar-refractivity contribution in [2.45, 2.75) is 19.9 Å². The Bertz CT molecular complexity index is 2020. The first-order chi connectivity index (χ1) is 23.4. The molecule has 1 aromatic heterocycles. The normalized spacial score (nSPS) is 16.3. The average Bonchev–Trinajstić information content (AvgIpc) is 3.42. The lowest BCUT2D eigenvalue weighted by molar-refractivity contribution is -0.139. The van der Waals surface area contributed by atoms with Gasteiger partial charge in [-0.2, -0.15) is 0 Å². The molecule has 1 amide bonds. The summed E-state index contributed by atoms with van der Waals surface area (Å²) in [6, 6.07) is 20.9. The number of ether oxygens (including phenoxy) is 4. The van der Waals surface area contributed by atoms with Crippen LogP contribution in [-0.4, -0.2) is 67.5 Å². The summed E-state index contributed by atoms with van der Waals surface area (Å²) in [6.07, 6.45) is 1.75. The molecule has 10 nitrogen and oxygen atoms in total. The van der Waals surface area contributed by atoms with Crippen LogP contribution in [0.1, 0.15) is 36.6 Å². The maximum Gasteiger partial charge on any atom is 0.338 e. The fourth-order valence-electron chi connectivity index (χ4n) is 5.60. The van der Waals surface area contributed by atoms with Crippen LogP contribution in [0.4, 0.5) is 0 Å². The Balaban J connectivity index is 1.43. The number of fused-ring (bicyclic) bond motifs is 1. The summed E-state index contributed by atoms with van der Waals surface area (Å²) in [5, 5.41) is 0.527. The second-order valence-electron chi connectivity index (χ2n) is 10.9. The zero-order valence-corrected chi connectivity index (χ0v) is 28.1. The van der Waals surface area contributed by atoms with Crippen LogP contribution in [-0.2, 0) is 19.1 Å². The van der Waals surface area contributed by atoms with Crippen LogP contribution in [0.5, 0.6) is 11.5 Å². The summed E-state index contributed by atoms with van der Waals surface area (Å²) in [6.45, 7) is 6.08. The molecule has 2 aliphatic heterocycles. The Morgan fingerprint density at radius 2 is 1.73 bits per heavy atom. The number of benzene rings is 3. The van der Waals surface area contributed by atoms with Crippen LogP contribution in [0, 0.1) is 0 Å². The molecule has 4 aromatic rings. The highest BCUT2D eigenvalue weighted by Gasteiger charge is 2.35. The van der Waals surface area contributed by atoms with E-state index in [1.165, 1.54) is 15.9 Å². The molecule has 248 valence electrons. The molecule has 0 saturated carbocycles. The summed E-state index contributed by atoms with van der Waals surface area (Å²) in [4.78, 5) is 47.5. The van der Waals surface area contributed by atoms with Crippen LogP contribution in [0.2, 0.25) is 5.02 Å². The molecule has 0 N–H and O–H groups in total. The van der Waals surface area contributed by atoms with Crippen LogP contribution in [0.25, 0.3) is 11.8 Å². The predicted octanol–water partition coefficient (Wildman–Crippen LogP) is 4.23. The number of halogens is 1. The molecule has 3 aromatic carbocycles. The summed E-state index contributed by atoms with van der Waals surface area (Å²) < 4.78 is 24.5. The molecular weight excluding hydrogens is 654 g/mol. The van der Waals surface area contributed by atoms with E-state index in [1.54, 1.807) is 60.4 Å². The van der Waals surface area contributed by atoms with Gasteiger partial charge in [0.25, 0.3) is 11.5 Å². The van der Waals surface area contributed by atoms with Gasteiger partial charge in [-0.25, -0.2) is 9.79 Å². The summed E-state index contributed by atoms with van der Waals surface area (Å²) in [5.74, 6) is 0.187. The van der Waals surface area contributed by atoms with Crippen molar-refractivity contribution in [2.75, 3.05) is 46.1 Å². The first-order valence-corrected chi connectivity index (χ1v) is 16.9. The van der Waals surface area contributed by atoms with Crippen molar-refractivity contribution < 1.29 is 28.5 Å². The van der Waals surface area contributed by atoms with Crippen LogP contribution in [0.3, 0.4) is 0 Å². The number of carbonyl (C=O) groups excluding carboxylic acids is 2. The molecular formula is C36H34ClN3O7S. The van der Waals surface area contributed by atoms with Gasteiger partial charge in [0, 0.05) is 23.7 Å². The van der Waals surface area contributed by atoms with Crippen molar-refractivity contribution in [3.05, 3.63) is 120 Å². The summed E-state index contributed by atoms with van der Waals surface area (Å²) >= 11 is 7.45. The standard InChI is InChI=1S/C36H34ClN3O7S/c1-3-45-28-20-23(10-15-27(28)47-22-30(41)39-16-18-44-19-17-39)21-29-34(42)40-33(25-11-13-26(37)14-12-25)31(35(43)46-4-2)32(38-36(40)48-29)24-8-6-5-7-9-24/h5-15,20-21,33H,3-4,16-19,22H2,1-2H3/b29-21+/t33-/m1/s1. The van der Waals surface area contributed by atoms with Gasteiger partial charge in [0.15, 0.2) is 22.9 Å². The fraction of sp³-hybridized carbons (Fsp3) is 0.278. The summed E-state index contributed by atoms with van der Waals surface area (Å²) in [7, 11) is 0. The Kier molecular flexibility index (Phi) is 10.4. The number of morpholine rings is 1. The van der Waals surface area contributed by atoms with E-state index >= 15 is 0 Å². The van der Waals surface area contributed by atoms with Crippen molar-refractivity contribution >= 4 is 46.6 Å². The molecule has 0 aliphatic carbocycles. The van der Waals surface area contributed by atoms with Gasteiger partial charge in [-0.3, -0.25) is 14.2 Å². The molecule has 1 fully saturated rings. The molecule has 0 spiro atoms. The topological polar surface area (TPSA) is 109 Å². The van der Waals surface area contributed by atoms with Gasteiger partial charge in [-0.1, -0.05) is 71.5 Å². The Labute approximate surface area is 286 Å². The van der Waals surface area contributed by atoms with Gasteiger partial charge in [0.1, 0.15) is 0 Å². The number of nitrogens with zero attached hydrogens (tertiary/aromatic N) is 3. The Morgan fingerprint density at radius 1 is 0.979 bits per heavy atom. The van der Waals surface area contributed by atoms with E-state index in [0.717, 1.165) is 5.56 Å². The fourth-order valence-corrected chi connectivity index (χ4v) is 6.72. The Morgan fingerprint density at radius 3 is 2.44 bits per heavy atom. The zero-order chi connectivity index (χ0) is 33.6. The number of hydrogen-bond donors (Lipinski definition) is 0. The third-order valence-electron chi connectivity index (χ3n) is 7.84. The molecule has 12 heteroatoms. The summed E-state index contributed by atoms with van der Waals surface area (Å²) in [5.41, 5.74) is 2.48. The van der Waals surface area contributed by atoms with E-state index in [0.29, 0.717) is 75.6 Å². The highest BCUT2D eigenvalue weighted by atomic mass is 35.5. The molecule has 48 heavy (non-hydrogen) atoms. The number of carbonyl (C=O) groups is 2. The third kappa shape index (κ3) is 7.08. The SMILES string of the molecule is CCOC(=O)C1=C(c2ccccc2)N=c2s/c(=C/c3ccc(OCC(=O)N4CCOCC4)c(OCC)c3)c(=O)n2[C@@H]1c1ccc(Cl)cc1. The van der Waals surface area contributed by atoms with Crippen LogP contribution < -0.4 is 24.4 Å². The smallest absolute Gasteiger partial charge is 0.338 e. The lowest BCUT2D eigenvalue weighted by Gasteiger charge is -2.26. The van der Waals surface area contributed by atoms with E-state index in [4.69, 9.17) is 35.5 Å². The molecule has 1 saturated heterocycles. The second kappa shape index (κ2) is 15.0. The Hall–Kier alpha value is -4.71. The minimum absolute atomic E-state index is 0.127. The number of esters is 1. The lowest BCUT2D eigenvalue weighted by atomic mass is 9.93. The van der Waals surface area contributed by atoms with Gasteiger partial charge in [-0.15, -0.1) is 0 Å².